The number of carboxylic acid groups (broad SMARTS) is 2. The Labute approximate surface area is 105 Å². The van der Waals surface area contributed by atoms with E-state index in [2.05, 4.69) is 0 Å². The summed E-state index contributed by atoms with van der Waals surface area (Å²) in [6, 6.07) is -0.644. The third-order valence-corrected chi connectivity index (χ3v) is 3.91. The fourth-order valence-electron chi connectivity index (χ4n) is 3.18. The van der Waals surface area contributed by atoms with Crippen molar-refractivity contribution in [1.29, 1.82) is 0 Å². The largest absolute Gasteiger partial charge is 0.481 e. The van der Waals surface area contributed by atoms with E-state index in [1.165, 1.54) is 4.90 Å². The Morgan fingerprint density at radius 2 is 1.83 bits per heavy atom. The summed E-state index contributed by atoms with van der Waals surface area (Å²) < 4.78 is 0. The minimum absolute atomic E-state index is 0.0495. The molecule has 0 radical (unpaired) electrons. The maximum Gasteiger partial charge on any atom is 0.326 e. The van der Waals surface area contributed by atoms with E-state index >= 15 is 0 Å². The molecule has 0 aromatic carbocycles. The lowest BCUT2D eigenvalue weighted by molar-refractivity contribution is -0.152. The molecule has 1 amide bonds. The van der Waals surface area contributed by atoms with Crippen molar-refractivity contribution in [3.63, 3.8) is 0 Å². The summed E-state index contributed by atoms with van der Waals surface area (Å²) in [5.74, 6) is -2.00. The fraction of sp³-hybridized carbons (Fsp3) is 0.750. The topological polar surface area (TPSA) is 94.9 Å². The van der Waals surface area contributed by atoms with E-state index in [0.29, 0.717) is 0 Å². The minimum Gasteiger partial charge on any atom is -0.481 e. The van der Waals surface area contributed by atoms with Crippen LogP contribution >= 0.6 is 0 Å². The van der Waals surface area contributed by atoms with Gasteiger partial charge in [-0.25, -0.2) is 4.79 Å². The van der Waals surface area contributed by atoms with Crippen molar-refractivity contribution in [2.45, 2.75) is 50.6 Å². The third kappa shape index (κ3) is 2.32. The second-order valence-corrected chi connectivity index (χ2v) is 5.06. The molecule has 6 heteroatoms. The van der Waals surface area contributed by atoms with E-state index in [9.17, 15) is 19.5 Å². The van der Waals surface area contributed by atoms with E-state index in [0.717, 1.165) is 19.3 Å². The first-order valence-corrected chi connectivity index (χ1v) is 6.26. The number of hydrogen-bond donors (Lipinski definition) is 2. The van der Waals surface area contributed by atoms with Gasteiger partial charge in [-0.15, -0.1) is 0 Å². The van der Waals surface area contributed by atoms with Crippen LogP contribution in [-0.4, -0.2) is 45.0 Å². The zero-order valence-electron chi connectivity index (χ0n) is 10.0. The maximum atomic E-state index is 12.0. The van der Waals surface area contributed by atoms with Gasteiger partial charge in [0.05, 0.1) is 0 Å². The summed E-state index contributed by atoms with van der Waals surface area (Å²) in [6.45, 7) is 0. The molecule has 3 atom stereocenters. The third-order valence-electron chi connectivity index (χ3n) is 3.91. The molecule has 2 bridgehead atoms. The van der Waals surface area contributed by atoms with Crippen molar-refractivity contribution in [2.75, 3.05) is 0 Å². The number of nitrogens with zero attached hydrogens (tertiary/aromatic N) is 1. The molecule has 0 spiro atoms. The van der Waals surface area contributed by atoms with Gasteiger partial charge in [0.25, 0.3) is 0 Å². The van der Waals surface area contributed by atoms with E-state index in [1.807, 2.05) is 0 Å². The molecule has 0 aromatic heterocycles. The lowest BCUT2D eigenvalue weighted by Crippen LogP contribution is -2.49. The number of amides is 1. The second-order valence-electron chi connectivity index (χ2n) is 5.06. The van der Waals surface area contributed by atoms with Crippen molar-refractivity contribution in [1.82, 2.24) is 4.90 Å². The molecule has 2 aliphatic rings. The van der Waals surface area contributed by atoms with E-state index in [-0.39, 0.29) is 37.1 Å². The average Bonchev–Trinajstić information content (AvgIpc) is 2.87. The van der Waals surface area contributed by atoms with Crippen molar-refractivity contribution in [3.8, 4) is 0 Å². The van der Waals surface area contributed by atoms with Crippen LogP contribution in [-0.2, 0) is 14.4 Å². The molecule has 0 aromatic rings. The lowest BCUT2D eigenvalue weighted by atomic mass is 9.98. The Morgan fingerprint density at radius 3 is 2.44 bits per heavy atom. The van der Waals surface area contributed by atoms with E-state index in [1.54, 1.807) is 0 Å². The molecule has 1 aliphatic heterocycles. The smallest absolute Gasteiger partial charge is 0.326 e. The quantitative estimate of drug-likeness (QED) is 0.754. The molecule has 2 fully saturated rings. The molecule has 100 valence electrons. The Bertz CT molecular complexity index is 381. The van der Waals surface area contributed by atoms with Gasteiger partial charge in [0.15, 0.2) is 0 Å². The molecule has 1 heterocycles. The Hall–Kier alpha value is -1.59. The molecular formula is C12H17NO5. The average molecular weight is 255 g/mol. The van der Waals surface area contributed by atoms with Crippen LogP contribution in [0.1, 0.15) is 38.5 Å². The summed E-state index contributed by atoms with van der Waals surface area (Å²) in [7, 11) is 0. The lowest BCUT2D eigenvalue weighted by Gasteiger charge is -2.32. The number of aliphatic carboxylic acids is 2. The number of fused-ring (bicyclic) bond motifs is 2. The molecule has 18 heavy (non-hydrogen) atoms. The molecule has 1 saturated carbocycles. The van der Waals surface area contributed by atoms with Gasteiger partial charge in [-0.1, -0.05) is 0 Å². The van der Waals surface area contributed by atoms with Gasteiger partial charge >= 0.3 is 11.9 Å². The predicted molar refractivity (Wildman–Crippen MR) is 60.9 cm³/mol. The zero-order valence-corrected chi connectivity index (χ0v) is 10.0. The van der Waals surface area contributed by atoms with Crippen LogP contribution in [0.3, 0.4) is 0 Å². The number of rotatable bonds is 5. The molecule has 1 aliphatic carbocycles. The van der Waals surface area contributed by atoms with Gasteiger partial charge in [0, 0.05) is 18.9 Å². The van der Waals surface area contributed by atoms with Crippen LogP contribution in [0.25, 0.3) is 0 Å². The van der Waals surface area contributed by atoms with Gasteiger partial charge in [-0.3, -0.25) is 9.59 Å². The van der Waals surface area contributed by atoms with Crippen LogP contribution in [0.15, 0.2) is 0 Å². The fourth-order valence-corrected chi connectivity index (χ4v) is 3.18. The van der Waals surface area contributed by atoms with Crippen molar-refractivity contribution < 1.29 is 24.6 Å². The van der Waals surface area contributed by atoms with Crippen LogP contribution in [0.4, 0.5) is 0 Å². The molecule has 6 nitrogen and oxygen atoms in total. The van der Waals surface area contributed by atoms with Crippen molar-refractivity contribution in [3.05, 3.63) is 0 Å². The SMILES string of the molecule is O=C(O)CCCC(=O)N1C2CCC(C2)C1C(=O)O. The second kappa shape index (κ2) is 4.96. The Balaban J connectivity index is 1.96. The van der Waals surface area contributed by atoms with Crippen LogP contribution < -0.4 is 0 Å². The first-order chi connectivity index (χ1) is 8.50. The number of carbonyl (C=O) groups excluding carboxylic acids is 1. The highest BCUT2D eigenvalue weighted by Crippen LogP contribution is 2.42. The van der Waals surface area contributed by atoms with Crippen molar-refractivity contribution >= 4 is 17.8 Å². The summed E-state index contributed by atoms with van der Waals surface area (Å²) in [5.41, 5.74) is 0. The van der Waals surface area contributed by atoms with Crippen LogP contribution in [0.5, 0.6) is 0 Å². The summed E-state index contributed by atoms with van der Waals surface area (Å²) in [5, 5.41) is 17.7. The predicted octanol–water partition coefficient (Wildman–Crippen LogP) is 0.705. The monoisotopic (exact) mass is 255 g/mol. The number of hydrogen-bond acceptors (Lipinski definition) is 3. The van der Waals surface area contributed by atoms with E-state index < -0.39 is 18.0 Å². The first-order valence-electron chi connectivity index (χ1n) is 6.26. The van der Waals surface area contributed by atoms with Gasteiger partial charge in [-0.05, 0) is 31.6 Å². The van der Waals surface area contributed by atoms with Crippen LogP contribution in [0, 0.1) is 5.92 Å². The molecular weight excluding hydrogens is 238 g/mol. The van der Waals surface area contributed by atoms with Gasteiger partial charge in [0.1, 0.15) is 6.04 Å². The van der Waals surface area contributed by atoms with Gasteiger partial charge in [0.2, 0.25) is 5.91 Å². The highest BCUT2D eigenvalue weighted by Gasteiger charge is 2.51. The number of carboxylic acids is 2. The number of carbonyl (C=O) groups is 3. The Morgan fingerprint density at radius 1 is 1.11 bits per heavy atom. The first kappa shape index (κ1) is 12.9. The summed E-state index contributed by atoms with van der Waals surface area (Å²) in [4.78, 5) is 35.1. The molecule has 2 N–H and O–H groups in total. The highest BCUT2D eigenvalue weighted by atomic mass is 16.4. The molecule has 1 saturated heterocycles. The van der Waals surface area contributed by atoms with Crippen LogP contribution in [0.2, 0.25) is 0 Å². The van der Waals surface area contributed by atoms with Crippen molar-refractivity contribution in [2.24, 2.45) is 5.92 Å². The van der Waals surface area contributed by atoms with E-state index in [4.69, 9.17) is 5.11 Å². The Kier molecular flexibility index (Phi) is 3.54. The van der Waals surface area contributed by atoms with Gasteiger partial charge in [-0.2, -0.15) is 0 Å². The number of likely N-dealkylation sites (tertiary alicyclic amines) is 1. The maximum absolute atomic E-state index is 12.0. The normalized spacial score (nSPS) is 29.6. The standard InChI is InChI=1S/C12H17NO5/c14-9(2-1-3-10(15)16)13-8-5-4-7(6-8)11(13)12(17)18/h7-8,11H,1-6H2,(H,15,16)(H,17,18). The summed E-state index contributed by atoms with van der Waals surface area (Å²) >= 11 is 0. The minimum atomic E-state index is -0.936. The zero-order chi connectivity index (χ0) is 13.3. The summed E-state index contributed by atoms with van der Waals surface area (Å²) in [6.07, 6.45) is 2.88. The molecule has 3 unspecified atom stereocenters. The van der Waals surface area contributed by atoms with Gasteiger partial charge < -0.3 is 15.1 Å². The highest BCUT2D eigenvalue weighted by molar-refractivity contribution is 5.85. The molecule has 2 rings (SSSR count). The number of piperidine rings is 1.